The van der Waals surface area contributed by atoms with Crippen molar-refractivity contribution in [1.29, 1.82) is 0 Å². The molecule has 3 rings (SSSR count). The Kier molecular flexibility index (Phi) is 9.99. The molecule has 206 valence electrons. The van der Waals surface area contributed by atoms with Crippen molar-refractivity contribution in [3.05, 3.63) is 53.7 Å². The Morgan fingerprint density at radius 1 is 1.18 bits per heavy atom. The molecule has 1 fully saturated rings. The van der Waals surface area contributed by atoms with Crippen LogP contribution in [-0.2, 0) is 31.9 Å². The summed E-state index contributed by atoms with van der Waals surface area (Å²) >= 11 is 0. The molecule has 12 heteroatoms. The summed E-state index contributed by atoms with van der Waals surface area (Å²) in [5, 5.41) is 26.8. The molecule has 0 spiro atoms. The first kappa shape index (κ1) is 28.8. The lowest BCUT2D eigenvalue weighted by atomic mass is 10.1. The average molecular weight is 529 g/mol. The fourth-order valence-corrected chi connectivity index (χ4v) is 4.08. The van der Waals surface area contributed by atoms with Gasteiger partial charge in [-0.2, -0.15) is 9.97 Å². The molecule has 0 saturated carbocycles. The molecule has 12 nitrogen and oxygen atoms in total. The number of ether oxygens (including phenoxy) is 2. The van der Waals surface area contributed by atoms with Gasteiger partial charge in [0.2, 0.25) is 5.95 Å². The molecule has 4 unspecified atom stereocenters. The molecule has 2 heterocycles. The van der Waals surface area contributed by atoms with Crippen LogP contribution in [0.25, 0.3) is 0 Å². The molecular formula is C26H36N6O6. The topological polar surface area (TPSA) is 172 Å². The maximum absolute atomic E-state index is 12.3. The summed E-state index contributed by atoms with van der Waals surface area (Å²) in [6.45, 7) is 8.11. The normalized spacial score (nSPS) is 20.6. The Labute approximate surface area is 221 Å². The van der Waals surface area contributed by atoms with Gasteiger partial charge in [-0.05, 0) is 37.8 Å². The van der Waals surface area contributed by atoms with Gasteiger partial charge in [0.25, 0.3) is 5.91 Å². The third kappa shape index (κ3) is 6.77. The number of aliphatic hydroxyl groups excluding tert-OH is 2. The number of nitrogens with one attached hydrogen (secondary N) is 2. The lowest BCUT2D eigenvalue weighted by Gasteiger charge is -2.29. The highest BCUT2D eigenvalue weighted by Crippen LogP contribution is 2.31. The Bertz CT molecular complexity index is 1130. The van der Waals surface area contributed by atoms with Crippen LogP contribution in [0.2, 0.25) is 0 Å². The number of rotatable bonds is 12. The average Bonchev–Trinajstić information content (AvgIpc) is 3.20. The number of methoxy groups -OCH3 is 1. The Morgan fingerprint density at radius 2 is 1.84 bits per heavy atom. The van der Waals surface area contributed by atoms with Gasteiger partial charge in [0.05, 0.1) is 7.11 Å². The predicted molar refractivity (Wildman–Crippen MR) is 142 cm³/mol. The number of aliphatic hydroxyl groups is 2. The number of aryl methyl sites for hydroxylation is 1. The summed E-state index contributed by atoms with van der Waals surface area (Å²) in [4.78, 5) is 33.9. The number of hydrogen-bond donors (Lipinski definition) is 5. The highest BCUT2D eigenvalue weighted by molar-refractivity contribution is 5.82. The van der Waals surface area contributed by atoms with Crippen LogP contribution in [0.4, 0.5) is 17.6 Å². The van der Waals surface area contributed by atoms with Crippen molar-refractivity contribution < 1.29 is 29.3 Å². The fourth-order valence-electron chi connectivity index (χ4n) is 4.08. The van der Waals surface area contributed by atoms with Crippen LogP contribution in [0.1, 0.15) is 30.0 Å². The molecule has 1 aliphatic rings. The number of amides is 1. The molecule has 4 atom stereocenters. The molecule has 6 N–H and O–H groups in total. The van der Waals surface area contributed by atoms with Gasteiger partial charge in [-0.15, -0.1) is 0 Å². The SMILES string of the molecule is C=CN(c1nc(NCCc2ccc(CCC(=O)OC)cc2)nc(N)c1C)C1OC(C(=O)NCC)C(O)C1O. The second-order valence-electron chi connectivity index (χ2n) is 8.86. The van der Waals surface area contributed by atoms with Gasteiger partial charge in [0.1, 0.15) is 23.8 Å². The highest BCUT2D eigenvalue weighted by Gasteiger charge is 2.49. The summed E-state index contributed by atoms with van der Waals surface area (Å²) in [5.74, 6) is 0.0312. The van der Waals surface area contributed by atoms with Crippen LogP contribution in [-0.4, -0.2) is 76.8 Å². The van der Waals surface area contributed by atoms with E-state index in [1.165, 1.54) is 18.2 Å². The monoisotopic (exact) mass is 528 g/mol. The molecular weight excluding hydrogens is 492 g/mol. The van der Waals surface area contributed by atoms with E-state index >= 15 is 0 Å². The number of likely N-dealkylation sites (N-methyl/N-ethyl adjacent to an activating group) is 1. The minimum absolute atomic E-state index is 0.215. The first-order valence-electron chi connectivity index (χ1n) is 12.4. The van der Waals surface area contributed by atoms with E-state index in [-0.39, 0.29) is 17.7 Å². The lowest BCUT2D eigenvalue weighted by molar-refractivity contribution is -0.140. The highest BCUT2D eigenvalue weighted by atomic mass is 16.6. The zero-order chi connectivity index (χ0) is 27.8. The van der Waals surface area contributed by atoms with E-state index < -0.39 is 30.4 Å². The van der Waals surface area contributed by atoms with Gasteiger partial charge in [-0.3, -0.25) is 9.59 Å². The Morgan fingerprint density at radius 3 is 2.45 bits per heavy atom. The van der Waals surface area contributed by atoms with E-state index in [1.54, 1.807) is 13.8 Å². The summed E-state index contributed by atoms with van der Waals surface area (Å²) in [5.41, 5.74) is 8.80. The van der Waals surface area contributed by atoms with E-state index in [2.05, 4.69) is 31.9 Å². The van der Waals surface area contributed by atoms with Crippen molar-refractivity contribution in [2.45, 2.75) is 57.6 Å². The summed E-state index contributed by atoms with van der Waals surface area (Å²) in [6.07, 6.45) is -2.18. The summed E-state index contributed by atoms with van der Waals surface area (Å²) in [6, 6.07) is 7.96. The van der Waals surface area contributed by atoms with E-state index in [0.29, 0.717) is 43.7 Å². The van der Waals surface area contributed by atoms with Crippen molar-refractivity contribution in [3.8, 4) is 0 Å². The quantitative estimate of drug-likeness (QED) is 0.245. The number of nitrogens with zero attached hydrogens (tertiary/aromatic N) is 3. The third-order valence-electron chi connectivity index (χ3n) is 6.29. The minimum atomic E-state index is -1.43. The molecule has 0 radical (unpaired) electrons. The Hall–Kier alpha value is -3.74. The minimum Gasteiger partial charge on any atom is -0.469 e. The molecule has 0 bridgehead atoms. The van der Waals surface area contributed by atoms with Crippen molar-refractivity contribution in [2.24, 2.45) is 0 Å². The van der Waals surface area contributed by atoms with Gasteiger partial charge < -0.3 is 41.0 Å². The van der Waals surface area contributed by atoms with Crippen LogP contribution in [0.3, 0.4) is 0 Å². The van der Waals surface area contributed by atoms with E-state index in [1.807, 2.05) is 24.3 Å². The summed E-state index contributed by atoms with van der Waals surface area (Å²) in [7, 11) is 1.38. The van der Waals surface area contributed by atoms with Gasteiger partial charge in [0.15, 0.2) is 12.3 Å². The maximum Gasteiger partial charge on any atom is 0.305 e. The number of esters is 1. The maximum atomic E-state index is 12.3. The van der Waals surface area contributed by atoms with Gasteiger partial charge in [0, 0.05) is 31.3 Å². The molecule has 0 aliphatic carbocycles. The van der Waals surface area contributed by atoms with Gasteiger partial charge in [-0.25, -0.2) is 0 Å². The van der Waals surface area contributed by atoms with Gasteiger partial charge >= 0.3 is 5.97 Å². The number of hydrogen-bond acceptors (Lipinski definition) is 11. The smallest absolute Gasteiger partial charge is 0.305 e. The van der Waals surface area contributed by atoms with Crippen molar-refractivity contribution in [3.63, 3.8) is 0 Å². The zero-order valence-corrected chi connectivity index (χ0v) is 21.9. The number of anilines is 3. The number of carbonyl (C=O) groups is 2. The molecule has 1 aliphatic heterocycles. The largest absolute Gasteiger partial charge is 0.469 e. The number of aromatic nitrogens is 2. The van der Waals surface area contributed by atoms with Gasteiger partial charge in [-0.1, -0.05) is 30.8 Å². The number of benzene rings is 1. The number of nitrogens with two attached hydrogens (primary N) is 1. The van der Waals surface area contributed by atoms with E-state index in [9.17, 15) is 19.8 Å². The number of nitrogen functional groups attached to an aromatic ring is 1. The van der Waals surface area contributed by atoms with Crippen molar-refractivity contribution in [1.82, 2.24) is 15.3 Å². The number of carbonyl (C=O) groups excluding carboxylic acids is 2. The summed E-state index contributed by atoms with van der Waals surface area (Å²) < 4.78 is 10.4. The Balaban J connectivity index is 1.68. The first-order valence-corrected chi connectivity index (χ1v) is 12.4. The molecule has 1 saturated heterocycles. The van der Waals surface area contributed by atoms with Crippen molar-refractivity contribution in [2.75, 3.05) is 36.1 Å². The molecule has 2 aromatic rings. The van der Waals surface area contributed by atoms with E-state index in [4.69, 9.17) is 10.5 Å². The third-order valence-corrected chi connectivity index (χ3v) is 6.29. The van der Waals surface area contributed by atoms with E-state index in [0.717, 1.165) is 11.1 Å². The second-order valence-corrected chi connectivity index (χ2v) is 8.86. The molecule has 1 aromatic heterocycles. The lowest BCUT2D eigenvalue weighted by Crippen LogP contribution is -2.43. The predicted octanol–water partition coefficient (Wildman–Crippen LogP) is 0.660. The molecule has 1 aromatic carbocycles. The van der Waals surface area contributed by atoms with Crippen LogP contribution >= 0.6 is 0 Å². The zero-order valence-electron chi connectivity index (χ0n) is 21.9. The molecule has 38 heavy (non-hydrogen) atoms. The second kappa shape index (κ2) is 13.2. The van der Waals surface area contributed by atoms with Crippen LogP contribution in [0.5, 0.6) is 0 Å². The fraction of sp³-hybridized carbons (Fsp3) is 0.462. The van der Waals surface area contributed by atoms with Crippen LogP contribution in [0, 0.1) is 6.92 Å². The van der Waals surface area contributed by atoms with Crippen LogP contribution < -0.4 is 21.3 Å². The standard InChI is InChI=1S/C26H36N6O6/c1-5-28-24(36)21-19(34)20(35)25(38-21)32(6-2)23-15(3)22(27)30-26(31-23)29-14-13-17-9-7-16(8-10-17)11-12-18(33)37-4/h6-10,19-21,25,34-35H,2,5,11-14H2,1,3-4H3,(H,28,36)(H3,27,29,30,31). The molecule has 1 amide bonds. The van der Waals surface area contributed by atoms with Crippen LogP contribution in [0.15, 0.2) is 37.0 Å². The van der Waals surface area contributed by atoms with Crippen molar-refractivity contribution >= 4 is 29.5 Å². The first-order chi connectivity index (χ1) is 18.2.